The second-order valence-electron chi connectivity index (χ2n) is 7.88. The largest absolute Gasteiger partial charge is 0.344 e. The Labute approximate surface area is 184 Å². The van der Waals surface area contributed by atoms with Crippen LogP contribution in [0.4, 0.5) is 5.69 Å². The number of nitrogens with zero attached hydrogens (tertiary/aromatic N) is 1. The Morgan fingerprint density at radius 1 is 0.871 bits per heavy atom. The first-order chi connectivity index (χ1) is 14.6. The lowest BCUT2D eigenvalue weighted by Gasteiger charge is -2.26. The fourth-order valence-corrected chi connectivity index (χ4v) is 4.48. The number of amides is 1. The molecule has 0 heterocycles. The van der Waals surface area contributed by atoms with Gasteiger partial charge in [-0.3, -0.25) is 9.10 Å². The van der Waals surface area contributed by atoms with E-state index in [1.165, 1.54) is 0 Å². The molecule has 0 fully saturated rings. The van der Waals surface area contributed by atoms with Crippen LogP contribution in [-0.2, 0) is 14.8 Å². The van der Waals surface area contributed by atoms with Crippen molar-refractivity contribution in [3.05, 3.63) is 101 Å². The summed E-state index contributed by atoms with van der Waals surface area (Å²) in [4.78, 5) is 13.1. The van der Waals surface area contributed by atoms with E-state index in [0.717, 1.165) is 38.4 Å². The van der Waals surface area contributed by atoms with Gasteiger partial charge in [0.05, 0.1) is 18.0 Å². The fourth-order valence-electron chi connectivity index (χ4n) is 3.57. The average Bonchev–Trinajstić information content (AvgIpc) is 2.71. The minimum absolute atomic E-state index is 0.294. The van der Waals surface area contributed by atoms with Crippen LogP contribution in [0.25, 0.3) is 0 Å². The number of nitrogens with one attached hydrogen (secondary N) is 1. The smallest absolute Gasteiger partial charge is 0.241 e. The summed E-state index contributed by atoms with van der Waals surface area (Å²) < 4.78 is 26.2. The van der Waals surface area contributed by atoms with Crippen LogP contribution in [-0.4, -0.2) is 27.1 Å². The normalized spacial score (nSPS) is 12.3. The molecule has 0 saturated heterocycles. The molecule has 6 heteroatoms. The quantitative estimate of drug-likeness (QED) is 0.601. The maximum Gasteiger partial charge on any atom is 0.241 e. The summed E-state index contributed by atoms with van der Waals surface area (Å²) in [6.45, 7) is 5.50. The fraction of sp³-hybridized carbons (Fsp3) is 0.240. The summed E-state index contributed by atoms with van der Waals surface area (Å²) in [5.74, 6) is -0.375. The van der Waals surface area contributed by atoms with Crippen LogP contribution in [0.5, 0.6) is 0 Å². The summed E-state index contributed by atoms with van der Waals surface area (Å²) in [5.41, 5.74) is 5.33. The monoisotopic (exact) mass is 436 g/mol. The molecule has 3 rings (SSSR count). The van der Waals surface area contributed by atoms with Gasteiger partial charge in [-0.15, -0.1) is 0 Å². The molecule has 0 saturated carbocycles. The summed E-state index contributed by atoms with van der Waals surface area (Å²) in [5, 5.41) is 3.03. The van der Waals surface area contributed by atoms with Crippen LogP contribution in [0.1, 0.15) is 33.9 Å². The first kappa shape index (κ1) is 22.6. The predicted octanol–water partition coefficient (Wildman–Crippen LogP) is 4.28. The molecule has 0 spiro atoms. The second kappa shape index (κ2) is 9.35. The van der Waals surface area contributed by atoms with Gasteiger partial charge < -0.3 is 5.32 Å². The summed E-state index contributed by atoms with van der Waals surface area (Å²) in [7, 11) is -3.65. The molecule has 5 nitrogen and oxygen atoms in total. The van der Waals surface area contributed by atoms with Gasteiger partial charge >= 0.3 is 0 Å². The number of rotatable bonds is 7. The predicted molar refractivity (Wildman–Crippen MR) is 126 cm³/mol. The van der Waals surface area contributed by atoms with Gasteiger partial charge in [0.1, 0.15) is 6.54 Å². The van der Waals surface area contributed by atoms with E-state index < -0.39 is 10.0 Å². The SMILES string of the molecule is Cc1ccc(C(NC(=O)CN(c2ccc(C)cc2C)S(C)(=O)=O)c2ccccc2)cc1. The Hall–Kier alpha value is -3.12. The molecule has 1 N–H and O–H groups in total. The van der Waals surface area contributed by atoms with Gasteiger partial charge in [0.15, 0.2) is 0 Å². The van der Waals surface area contributed by atoms with Crippen molar-refractivity contribution in [1.29, 1.82) is 0 Å². The summed E-state index contributed by atoms with van der Waals surface area (Å²) in [6, 6.07) is 22.7. The molecule has 0 bridgehead atoms. The number of aryl methyl sites for hydroxylation is 3. The molecule has 0 aliphatic heterocycles. The van der Waals surface area contributed by atoms with E-state index >= 15 is 0 Å². The Morgan fingerprint density at radius 2 is 1.45 bits per heavy atom. The molecular formula is C25H28N2O3S. The third-order valence-electron chi connectivity index (χ3n) is 5.16. The highest BCUT2D eigenvalue weighted by molar-refractivity contribution is 7.92. The lowest BCUT2D eigenvalue weighted by Crippen LogP contribution is -2.42. The van der Waals surface area contributed by atoms with Gasteiger partial charge in [-0.05, 0) is 43.5 Å². The Bertz CT molecular complexity index is 1160. The van der Waals surface area contributed by atoms with Crippen LogP contribution in [0.3, 0.4) is 0 Å². The molecule has 0 aromatic heterocycles. The molecule has 162 valence electrons. The molecule has 3 aromatic rings. The van der Waals surface area contributed by atoms with Crippen LogP contribution in [0, 0.1) is 20.8 Å². The number of sulfonamides is 1. The summed E-state index contributed by atoms with van der Waals surface area (Å²) in [6.07, 6.45) is 1.12. The molecule has 0 aliphatic carbocycles. The third-order valence-corrected chi connectivity index (χ3v) is 6.28. The van der Waals surface area contributed by atoms with Gasteiger partial charge in [0, 0.05) is 0 Å². The highest BCUT2D eigenvalue weighted by Gasteiger charge is 2.24. The minimum Gasteiger partial charge on any atom is -0.344 e. The molecule has 31 heavy (non-hydrogen) atoms. The van der Waals surface area contributed by atoms with Crippen molar-refractivity contribution < 1.29 is 13.2 Å². The maximum atomic E-state index is 13.1. The first-order valence-corrected chi connectivity index (χ1v) is 12.0. The lowest BCUT2D eigenvalue weighted by atomic mass is 9.98. The van der Waals surface area contributed by atoms with E-state index in [-0.39, 0.29) is 18.5 Å². The van der Waals surface area contributed by atoms with E-state index in [0.29, 0.717) is 5.69 Å². The number of carbonyl (C=O) groups excluding carboxylic acids is 1. The molecule has 1 amide bonds. The number of hydrogen-bond acceptors (Lipinski definition) is 3. The molecule has 1 unspecified atom stereocenters. The van der Waals surface area contributed by atoms with Gasteiger partial charge in [0.25, 0.3) is 0 Å². The second-order valence-corrected chi connectivity index (χ2v) is 9.79. The van der Waals surface area contributed by atoms with Crippen molar-refractivity contribution in [2.75, 3.05) is 17.1 Å². The van der Waals surface area contributed by atoms with Gasteiger partial charge in [-0.2, -0.15) is 0 Å². The van der Waals surface area contributed by atoms with E-state index in [9.17, 15) is 13.2 Å². The third kappa shape index (κ3) is 5.73. The summed E-state index contributed by atoms with van der Waals surface area (Å²) >= 11 is 0. The topological polar surface area (TPSA) is 66.5 Å². The van der Waals surface area contributed by atoms with Crippen molar-refractivity contribution in [3.63, 3.8) is 0 Å². The van der Waals surface area contributed by atoms with Crippen molar-refractivity contribution in [2.45, 2.75) is 26.8 Å². The van der Waals surface area contributed by atoms with Crippen molar-refractivity contribution in [3.8, 4) is 0 Å². The molecule has 1 atom stereocenters. The number of benzene rings is 3. The zero-order chi connectivity index (χ0) is 22.6. The highest BCUT2D eigenvalue weighted by atomic mass is 32.2. The van der Waals surface area contributed by atoms with Crippen molar-refractivity contribution >= 4 is 21.6 Å². The number of hydrogen-bond donors (Lipinski definition) is 1. The highest BCUT2D eigenvalue weighted by Crippen LogP contribution is 2.25. The average molecular weight is 437 g/mol. The molecule has 0 radical (unpaired) electrons. The van der Waals surface area contributed by atoms with Gasteiger partial charge in [0.2, 0.25) is 15.9 Å². The molecule has 0 aliphatic rings. The van der Waals surface area contributed by atoms with E-state index in [2.05, 4.69) is 5.32 Å². The Balaban J connectivity index is 1.90. The number of carbonyl (C=O) groups is 1. The Kier molecular flexibility index (Phi) is 6.81. The Morgan fingerprint density at radius 3 is 2.03 bits per heavy atom. The van der Waals surface area contributed by atoms with E-state index in [4.69, 9.17) is 0 Å². The van der Waals surface area contributed by atoms with E-state index in [1.807, 2.05) is 87.5 Å². The lowest BCUT2D eigenvalue weighted by molar-refractivity contribution is -0.120. The molecular weight excluding hydrogens is 408 g/mol. The minimum atomic E-state index is -3.65. The van der Waals surface area contributed by atoms with Crippen LogP contribution in [0.2, 0.25) is 0 Å². The van der Waals surface area contributed by atoms with Crippen LogP contribution < -0.4 is 9.62 Å². The van der Waals surface area contributed by atoms with E-state index in [1.54, 1.807) is 6.07 Å². The van der Waals surface area contributed by atoms with Crippen LogP contribution in [0.15, 0.2) is 72.8 Å². The van der Waals surface area contributed by atoms with Crippen LogP contribution >= 0.6 is 0 Å². The van der Waals surface area contributed by atoms with Gasteiger partial charge in [-0.25, -0.2) is 8.42 Å². The van der Waals surface area contributed by atoms with Crippen molar-refractivity contribution in [2.24, 2.45) is 0 Å². The number of anilines is 1. The zero-order valence-electron chi connectivity index (χ0n) is 18.3. The standard InChI is InChI=1S/C25H28N2O3S/c1-18-10-13-22(14-11-18)25(21-8-6-5-7-9-21)26-24(28)17-27(31(4,29)30)23-15-12-19(2)16-20(23)3/h5-16,25H,17H2,1-4H3,(H,26,28). The maximum absolute atomic E-state index is 13.1. The molecule has 3 aromatic carbocycles. The van der Waals surface area contributed by atoms with Gasteiger partial charge in [-0.1, -0.05) is 77.9 Å². The zero-order valence-corrected chi connectivity index (χ0v) is 19.1. The van der Waals surface area contributed by atoms with Crippen molar-refractivity contribution in [1.82, 2.24) is 5.32 Å². The first-order valence-electron chi connectivity index (χ1n) is 10.1.